The van der Waals surface area contributed by atoms with Crippen LogP contribution < -0.4 is 10.6 Å². The van der Waals surface area contributed by atoms with Gasteiger partial charge in [-0.2, -0.15) is 12.6 Å². The van der Waals surface area contributed by atoms with Crippen molar-refractivity contribution in [3.63, 3.8) is 0 Å². The summed E-state index contributed by atoms with van der Waals surface area (Å²) in [6, 6.07) is 23.7. The Balaban J connectivity index is 1.25. The first-order valence-corrected chi connectivity index (χ1v) is 17.4. The van der Waals surface area contributed by atoms with Crippen LogP contribution >= 0.6 is 12.6 Å². The van der Waals surface area contributed by atoms with Crippen LogP contribution in [0.2, 0.25) is 0 Å². The van der Waals surface area contributed by atoms with Crippen molar-refractivity contribution < 1.29 is 52.3 Å². The lowest BCUT2D eigenvalue weighted by Gasteiger charge is -2.38. The number of fused-ring (bicyclic) bond motifs is 3. The van der Waals surface area contributed by atoms with E-state index in [0.29, 0.717) is 0 Å². The second-order valence-electron chi connectivity index (χ2n) is 11.9. The Bertz CT molecular complexity index is 1640. The van der Waals surface area contributed by atoms with E-state index in [2.05, 4.69) is 29.8 Å². The molecule has 2 N–H and O–H groups in total. The summed E-state index contributed by atoms with van der Waals surface area (Å²) in [5.41, 5.74) is 4.96. The molecule has 5 rings (SSSR count). The molecule has 14 heteroatoms. The molecule has 13 nitrogen and oxygen atoms in total. The summed E-state index contributed by atoms with van der Waals surface area (Å²) in [4.78, 5) is 50.0. The van der Waals surface area contributed by atoms with E-state index in [1.165, 1.54) is 13.0 Å². The largest absolute Gasteiger partial charge is 0.462 e. The van der Waals surface area contributed by atoms with Crippen molar-refractivity contribution in [1.29, 1.82) is 0 Å². The molecule has 0 bridgehead atoms. The molecule has 1 heterocycles. The summed E-state index contributed by atoms with van der Waals surface area (Å²) in [7, 11) is 0. The van der Waals surface area contributed by atoms with Gasteiger partial charge in [0.1, 0.15) is 32.0 Å². The minimum Gasteiger partial charge on any atom is -0.462 e. The zero-order chi connectivity index (χ0) is 36.9. The highest BCUT2D eigenvalue weighted by atomic mass is 32.1. The van der Waals surface area contributed by atoms with Crippen molar-refractivity contribution in [3.05, 3.63) is 108 Å². The third kappa shape index (κ3) is 10.4. The number of alkyl carbamates (subject to hydrolysis) is 1. The maximum atomic E-state index is 13.1. The fourth-order valence-corrected chi connectivity index (χ4v) is 5.91. The molecule has 0 aromatic heterocycles. The van der Waals surface area contributed by atoms with Crippen LogP contribution in [0.1, 0.15) is 35.8 Å². The third-order valence-corrected chi connectivity index (χ3v) is 8.55. The summed E-state index contributed by atoms with van der Waals surface area (Å²) >= 11 is 3.97. The van der Waals surface area contributed by atoms with Crippen LogP contribution in [0.3, 0.4) is 0 Å². The number of esters is 2. The number of rotatable bonds is 17. The van der Waals surface area contributed by atoms with Crippen molar-refractivity contribution in [2.24, 2.45) is 0 Å². The number of nitrogens with one attached hydrogen (secondary N) is 2. The molecule has 0 spiro atoms. The highest BCUT2D eigenvalue weighted by Crippen LogP contribution is 2.44. The topological polar surface area (TPSA) is 157 Å². The van der Waals surface area contributed by atoms with Crippen LogP contribution in [0.5, 0.6) is 0 Å². The van der Waals surface area contributed by atoms with Crippen molar-refractivity contribution in [1.82, 2.24) is 10.6 Å². The van der Waals surface area contributed by atoms with Crippen molar-refractivity contribution in [2.45, 2.75) is 43.7 Å². The minimum atomic E-state index is -1.33. The second kappa shape index (κ2) is 19.2. The van der Waals surface area contributed by atoms with E-state index in [1.54, 1.807) is 0 Å². The first-order valence-electron chi connectivity index (χ1n) is 16.8. The van der Waals surface area contributed by atoms with Gasteiger partial charge >= 0.3 is 18.0 Å². The first kappa shape index (κ1) is 38.5. The van der Waals surface area contributed by atoms with E-state index in [4.69, 9.17) is 33.2 Å². The third-order valence-electron chi connectivity index (χ3n) is 8.29. The number of carbonyl (C=O) groups excluding carboxylic acids is 4. The molecule has 1 saturated heterocycles. The fourth-order valence-electron chi connectivity index (χ4n) is 5.82. The summed E-state index contributed by atoms with van der Waals surface area (Å²) in [5.74, 6) is -2.06. The molecule has 2 amide bonds. The van der Waals surface area contributed by atoms with Crippen LogP contribution in [0.25, 0.3) is 11.1 Å². The van der Waals surface area contributed by atoms with Gasteiger partial charge in [-0.3, -0.25) is 9.59 Å². The van der Waals surface area contributed by atoms with Gasteiger partial charge in [-0.15, -0.1) is 0 Å². The van der Waals surface area contributed by atoms with Crippen LogP contribution in [0, 0.1) is 0 Å². The normalized spacial score (nSPS) is 18.9. The zero-order valence-electron chi connectivity index (χ0n) is 28.6. The van der Waals surface area contributed by atoms with Crippen LogP contribution in [-0.2, 0) is 47.5 Å². The molecule has 2 aliphatic rings. The molecule has 276 valence electrons. The maximum absolute atomic E-state index is 13.1. The Labute approximate surface area is 307 Å². The minimum absolute atomic E-state index is 0.00535. The lowest BCUT2D eigenvalue weighted by molar-refractivity contribution is -0.299. The molecule has 1 aliphatic heterocycles. The number of hydrogen-bond donors (Lipinski definition) is 3. The predicted molar refractivity (Wildman–Crippen MR) is 191 cm³/mol. The van der Waals surface area contributed by atoms with Gasteiger partial charge in [-0.05, 0) is 22.3 Å². The average molecular weight is 735 g/mol. The molecule has 52 heavy (non-hydrogen) atoms. The van der Waals surface area contributed by atoms with Gasteiger partial charge in [0.15, 0.2) is 18.6 Å². The predicted octanol–water partition coefficient (Wildman–Crippen LogP) is 4.07. The molecule has 3 aromatic rings. The summed E-state index contributed by atoms with van der Waals surface area (Å²) in [5, 5.41) is 5.17. The molecule has 1 aliphatic carbocycles. The highest BCUT2D eigenvalue weighted by molar-refractivity contribution is 7.81. The molecule has 5 atom stereocenters. The quantitative estimate of drug-likeness (QED) is 0.0604. The van der Waals surface area contributed by atoms with E-state index in [-0.39, 0.29) is 50.6 Å². The number of ether oxygens (including phenoxy) is 7. The van der Waals surface area contributed by atoms with Gasteiger partial charge in [-0.1, -0.05) is 91.5 Å². The average Bonchev–Trinajstić information content (AvgIpc) is 3.49. The smallest absolute Gasteiger partial charge is 0.407 e. The first-order chi connectivity index (χ1) is 25.3. The van der Waals surface area contributed by atoms with E-state index >= 15 is 0 Å². The standard InChI is InChI=1S/C38H42N2O11S/c1-3-17-45-36(43)31(40-38(44)49-19-30-28-15-9-7-13-26(28)27-14-8-10-16-29(27)30)20-47-35(18-39-24(2)41)50-32-22-48-37(25-11-5-4-6-12-25)51-33(32)21-46-34(42)23-52/h3-16,30-33,35,37,52H,1,17-23H2,2H3,(H,39,41)(H,40,44)/t31-,32?,33-,35+,37?/m0/s1. The summed E-state index contributed by atoms with van der Waals surface area (Å²) in [6.45, 7) is 4.06. The van der Waals surface area contributed by atoms with E-state index < -0.39 is 55.5 Å². The van der Waals surface area contributed by atoms with E-state index in [1.807, 2.05) is 78.9 Å². The van der Waals surface area contributed by atoms with Crippen molar-refractivity contribution in [3.8, 4) is 11.1 Å². The Morgan fingerprint density at radius 1 is 0.923 bits per heavy atom. The zero-order valence-corrected chi connectivity index (χ0v) is 29.5. The van der Waals surface area contributed by atoms with Gasteiger partial charge in [0.05, 0.1) is 25.5 Å². The van der Waals surface area contributed by atoms with Crippen LogP contribution in [0.15, 0.2) is 91.5 Å². The Morgan fingerprint density at radius 3 is 2.25 bits per heavy atom. The Morgan fingerprint density at radius 2 is 1.60 bits per heavy atom. The molecule has 0 saturated carbocycles. The number of amides is 2. The summed E-state index contributed by atoms with van der Waals surface area (Å²) < 4.78 is 40.4. The Hall–Kier alpha value is -4.73. The molecule has 2 unspecified atom stereocenters. The van der Waals surface area contributed by atoms with Crippen LogP contribution in [-0.4, -0.2) is 93.8 Å². The van der Waals surface area contributed by atoms with Gasteiger partial charge in [0.25, 0.3) is 0 Å². The fraction of sp³-hybridized carbons (Fsp3) is 0.368. The highest BCUT2D eigenvalue weighted by Gasteiger charge is 2.37. The molecular formula is C38H42N2O11S. The summed E-state index contributed by atoms with van der Waals surface area (Å²) in [6.07, 6.45) is -3.06. The lowest BCUT2D eigenvalue weighted by Crippen LogP contribution is -2.50. The number of benzene rings is 3. The van der Waals surface area contributed by atoms with Crippen molar-refractivity contribution >= 4 is 36.6 Å². The van der Waals surface area contributed by atoms with Gasteiger partial charge < -0.3 is 43.8 Å². The lowest BCUT2D eigenvalue weighted by atomic mass is 9.98. The molecule has 3 aromatic carbocycles. The van der Waals surface area contributed by atoms with Crippen LogP contribution in [0.4, 0.5) is 4.79 Å². The van der Waals surface area contributed by atoms with E-state index in [0.717, 1.165) is 27.8 Å². The Kier molecular flexibility index (Phi) is 14.2. The van der Waals surface area contributed by atoms with Gasteiger partial charge in [0, 0.05) is 18.4 Å². The van der Waals surface area contributed by atoms with Gasteiger partial charge in [0.2, 0.25) is 5.91 Å². The van der Waals surface area contributed by atoms with E-state index in [9.17, 15) is 19.2 Å². The second-order valence-corrected chi connectivity index (χ2v) is 12.2. The monoisotopic (exact) mass is 734 g/mol. The number of thiol groups is 1. The SMILES string of the molecule is C=CCOC(=O)[C@H](CO[C@@H](CNC(C)=O)OC1COC(c2ccccc2)O[C@H]1COC(=O)CS)NC(=O)OCC1c2ccccc2-c2ccccc21. The molecule has 1 fully saturated rings. The maximum Gasteiger partial charge on any atom is 0.407 e. The molecule has 0 radical (unpaired) electrons. The van der Waals surface area contributed by atoms with Crippen molar-refractivity contribution in [2.75, 3.05) is 45.3 Å². The van der Waals surface area contributed by atoms with Gasteiger partial charge in [-0.25, -0.2) is 9.59 Å². The number of hydrogen-bond acceptors (Lipinski definition) is 12. The molecular weight excluding hydrogens is 692 g/mol. The number of carbonyl (C=O) groups is 4.